The second kappa shape index (κ2) is 5.51. The molecule has 2 N–H and O–H groups in total. The molecular weight excluding hydrogens is 248 g/mol. The van der Waals surface area contributed by atoms with Gasteiger partial charge in [-0.25, -0.2) is 0 Å². The quantitative estimate of drug-likeness (QED) is 0.770. The molecule has 0 amide bonds. The average molecular weight is 270 g/mol. The van der Waals surface area contributed by atoms with Crippen LogP contribution in [0.1, 0.15) is 27.7 Å². The molecular formula is C13H21BClNO2. The maximum Gasteiger partial charge on any atom is 0.371 e. The zero-order valence-electron chi connectivity index (χ0n) is 11.6. The molecule has 1 rings (SSSR count). The fourth-order valence-corrected chi connectivity index (χ4v) is 1.53. The minimum Gasteiger partial charge on any atom is -0.418 e. The molecule has 18 heavy (non-hydrogen) atoms. The Labute approximate surface area is 115 Å². The first-order chi connectivity index (χ1) is 8.17. The molecule has 0 unspecified atom stereocenters. The highest BCUT2D eigenvalue weighted by atomic mass is 35.5. The van der Waals surface area contributed by atoms with Crippen molar-refractivity contribution in [1.82, 2.24) is 5.32 Å². The van der Waals surface area contributed by atoms with Crippen LogP contribution in [0.15, 0.2) is 34.8 Å². The number of rotatable bonds is 4. The highest BCUT2D eigenvalue weighted by Crippen LogP contribution is 2.27. The van der Waals surface area contributed by atoms with Gasteiger partial charge in [0.1, 0.15) is 0 Å². The van der Waals surface area contributed by atoms with Crippen molar-refractivity contribution in [2.24, 2.45) is 0 Å². The SMILES string of the molecule is CNC1=CC=C(Cl)C=CB1OC(C)(C)C(C)(C)O. The fourth-order valence-electron chi connectivity index (χ4n) is 1.39. The van der Waals surface area contributed by atoms with E-state index in [1.165, 1.54) is 0 Å². The Morgan fingerprint density at radius 3 is 2.39 bits per heavy atom. The summed E-state index contributed by atoms with van der Waals surface area (Å²) in [4.78, 5) is 0. The monoisotopic (exact) mass is 269 g/mol. The summed E-state index contributed by atoms with van der Waals surface area (Å²) in [6, 6.07) is 0. The van der Waals surface area contributed by atoms with Gasteiger partial charge in [-0.3, -0.25) is 0 Å². The predicted molar refractivity (Wildman–Crippen MR) is 77.4 cm³/mol. The largest absolute Gasteiger partial charge is 0.418 e. The minimum atomic E-state index is -0.941. The van der Waals surface area contributed by atoms with Gasteiger partial charge in [0.25, 0.3) is 0 Å². The van der Waals surface area contributed by atoms with E-state index in [1.54, 1.807) is 19.9 Å². The van der Waals surface area contributed by atoms with Crippen molar-refractivity contribution in [1.29, 1.82) is 0 Å². The van der Waals surface area contributed by atoms with E-state index >= 15 is 0 Å². The highest BCUT2D eigenvalue weighted by molar-refractivity contribution is 6.66. The summed E-state index contributed by atoms with van der Waals surface area (Å²) in [5.74, 6) is 1.88. The molecule has 3 nitrogen and oxygen atoms in total. The molecule has 0 aromatic rings. The van der Waals surface area contributed by atoms with E-state index in [1.807, 2.05) is 39.0 Å². The van der Waals surface area contributed by atoms with Gasteiger partial charge in [-0.1, -0.05) is 23.7 Å². The summed E-state index contributed by atoms with van der Waals surface area (Å²) in [5.41, 5.74) is -0.725. The van der Waals surface area contributed by atoms with Crippen LogP contribution in [0, 0.1) is 0 Å². The number of halogens is 1. The Morgan fingerprint density at radius 1 is 1.28 bits per heavy atom. The highest BCUT2D eigenvalue weighted by Gasteiger charge is 2.39. The lowest BCUT2D eigenvalue weighted by Crippen LogP contribution is -2.51. The van der Waals surface area contributed by atoms with E-state index < -0.39 is 11.2 Å². The normalized spacial score (nSPS) is 17.2. The Morgan fingerprint density at radius 2 is 1.89 bits per heavy atom. The molecule has 0 atom stereocenters. The first-order valence-corrected chi connectivity index (χ1v) is 6.39. The van der Waals surface area contributed by atoms with Gasteiger partial charge in [0, 0.05) is 17.7 Å². The summed E-state index contributed by atoms with van der Waals surface area (Å²) in [6.45, 7) is 6.95. The maximum atomic E-state index is 10.1. The van der Waals surface area contributed by atoms with Gasteiger partial charge in [0.15, 0.2) is 0 Å². The number of hydrogen-bond donors (Lipinski definition) is 2. The Bertz CT molecular complexity index is 394. The molecule has 5 heteroatoms. The van der Waals surface area contributed by atoms with Crippen molar-refractivity contribution in [3.63, 3.8) is 0 Å². The van der Waals surface area contributed by atoms with Gasteiger partial charge in [0.05, 0.1) is 11.2 Å². The molecule has 0 saturated heterocycles. The van der Waals surface area contributed by atoms with Crippen molar-refractivity contribution in [3.8, 4) is 0 Å². The van der Waals surface area contributed by atoms with Crippen molar-refractivity contribution in [2.45, 2.75) is 38.9 Å². The summed E-state index contributed by atoms with van der Waals surface area (Å²) in [5, 5.41) is 13.9. The van der Waals surface area contributed by atoms with Gasteiger partial charge in [-0.05, 0) is 39.8 Å². The lowest BCUT2D eigenvalue weighted by molar-refractivity contribution is -0.0918. The van der Waals surface area contributed by atoms with E-state index in [2.05, 4.69) is 5.32 Å². The lowest BCUT2D eigenvalue weighted by Gasteiger charge is -2.39. The second-order valence-corrected chi connectivity index (χ2v) is 5.83. The van der Waals surface area contributed by atoms with E-state index in [4.69, 9.17) is 16.3 Å². The molecule has 1 aliphatic heterocycles. The first-order valence-electron chi connectivity index (χ1n) is 6.01. The van der Waals surface area contributed by atoms with E-state index in [-0.39, 0.29) is 6.92 Å². The molecule has 0 radical (unpaired) electrons. The van der Waals surface area contributed by atoms with E-state index in [0.29, 0.717) is 5.03 Å². The Kier molecular flexibility index (Phi) is 4.70. The minimum absolute atomic E-state index is 0.260. The van der Waals surface area contributed by atoms with Gasteiger partial charge >= 0.3 is 6.92 Å². The molecule has 0 aromatic heterocycles. The van der Waals surface area contributed by atoms with Gasteiger partial charge in [-0.2, -0.15) is 0 Å². The third-order valence-corrected chi connectivity index (χ3v) is 3.59. The number of aliphatic hydroxyl groups is 1. The van der Waals surface area contributed by atoms with Crippen LogP contribution in [0.4, 0.5) is 0 Å². The van der Waals surface area contributed by atoms with Crippen LogP contribution in [0.2, 0.25) is 0 Å². The zero-order valence-corrected chi connectivity index (χ0v) is 12.4. The van der Waals surface area contributed by atoms with Crippen molar-refractivity contribution < 1.29 is 9.76 Å². The summed E-state index contributed by atoms with van der Waals surface area (Å²) >= 11 is 5.97. The Balaban J connectivity index is 2.94. The van der Waals surface area contributed by atoms with E-state index in [9.17, 15) is 5.11 Å². The second-order valence-electron chi connectivity index (χ2n) is 5.39. The zero-order chi connectivity index (χ0) is 14.0. The molecule has 1 heterocycles. The number of nitrogens with one attached hydrogen (secondary N) is 1. The molecule has 0 spiro atoms. The standard InChI is InChI=1S/C13H21BClNO2/c1-12(2,17)13(3,4)18-14-9-8-10(15)6-7-11(14)16-5/h6-9,16-17H,1-5H3. The van der Waals surface area contributed by atoms with Gasteiger partial charge < -0.3 is 15.1 Å². The van der Waals surface area contributed by atoms with Crippen molar-refractivity contribution in [3.05, 3.63) is 34.8 Å². The van der Waals surface area contributed by atoms with Crippen LogP contribution >= 0.6 is 11.6 Å². The van der Waals surface area contributed by atoms with E-state index in [0.717, 1.165) is 5.60 Å². The number of hydrogen-bond acceptors (Lipinski definition) is 3. The van der Waals surface area contributed by atoms with Crippen LogP contribution in [0.25, 0.3) is 0 Å². The van der Waals surface area contributed by atoms with Crippen LogP contribution in [0.3, 0.4) is 0 Å². The molecule has 0 aromatic carbocycles. The predicted octanol–water partition coefficient (Wildman–Crippen LogP) is 2.42. The molecule has 1 aliphatic rings. The molecule has 0 fully saturated rings. The van der Waals surface area contributed by atoms with Crippen LogP contribution in [-0.4, -0.2) is 30.3 Å². The topological polar surface area (TPSA) is 41.5 Å². The Hall–Kier alpha value is -0.705. The average Bonchev–Trinajstić information content (AvgIpc) is 2.39. The summed E-state index contributed by atoms with van der Waals surface area (Å²) in [7, 11) is 1.83. The van der Waals surface area contributed by atoms with Crippen molar-refractivity contribution >= 4 is 18.5 Å². The molecule has 100 valence electrons. The third kappa shape index (κ3) is 3.64. The van der Waals surface area contributed by atoms with Crippen molar-refractivity contribution in [2.75, 3.05) is 7.05 Å². The molecule has 0 saturated carbocycles. The smallest absolute Gasteiger partial charge is 0.371 e. The van der Waals surface area contributed by atoms with Crippen LogP contribution in [-0.2, 0) is 4.65 Å². The first kappa shape index (κ1) is 15.4. The van der Waals surface area contributed by atoms with Gasteiger partial charge in [-0.15, -0.1) is 0 Å². The van der Waals surface area contributed by atoms with Crippen LogP contribution < -0.4 is 5.32 Å². The molecule has 0 aliphatic carbocycles. The van der Waals surface area contributed by atoms with Crippen LogP contribution in [0.5, 0.6) is 0 Å². The van der Waals surface area contributed by atoms with Gasteiger partial charge in [0.2, 0.25) is 0 Å². The molecule has 0 bridgehead atoms. The third-order valence-electron chi connectivity index (χ3n) is 3.34. The fraction of sp³-hybridized carbons (Fsp3) is 0.538. The lowest BCUT2D eigenvalue weighted by atomic mass is 9.62. The summed E-state index contributed by atoms with van der Waals surface area (Å²) < 4.78 is 6.02. The maximum absolute atomic E-state index is 10.1. The summed E-state index contributed by atoms with van der Waals surface area (Å²) in [6.07, 6.45) is 5.49. The number of allylic oxidation sites excluding steroid dienone is 4.